The van der Waals surface area contributed by atoms with Gasteiger partial charge in [-0.25, -0.2) is 13.2 Å². The Balaban J connectivity index is 1.36. The van der Waals surface area contributed by atoms with Crippen LogP contribution >= 0.6 is 0 Å². The summed E-state index contributed by atoms with van der Waals surface area (Å²) in [7, 11) is 1.56. The summed E-state index contributed by atoms with van der Waals surface area (Å²) < 4.78 is 54.1. The highest BCUT2D eigenvalue weighted by Crippen LogP contribution is 2.49. The second-order valence-electron chi connectivity index (χ2n) is 10.2. The number of carbonyl (C=O) groups excluding carboxylic acids is 1. The third kappa shape index (κ3) is 5.35. The molecule has 1 saturated heterocycles. The second kappa shape index (κ2) is 11.3. The number of aromatic nitrogens is 1. The molecule has 0 radical (unpaired) electrons. The number of aliphatic hydroxyl groups excluding tert-OH is 1. The number of methoxy groups -OCH3 is 1. The van der Waals surface area contributed by atoms with E-state index in [1.165, 1.54) is 0 Å². The summed E-state index contributed by atoms with van der Waals surface area (Å²) in [6.07, 6.45) is 2.63. The lowest BCUT2D eigenvalue weighted by Crippen LogP contribution is -2.46. The van der Waals surface area contributed by atoms with Crippen LogP contribution in [0.4, 0.5) is 13.2 Å². The van der Waals surface area contributed by atoms with Crippen molar-refractivity contribution in [2.75, 3.05) is 20.2 Å². The van der Waals surface area contributed by atoms with E-state index in [1.54, 1.807) is 31.5 Å². The molecule has 5 atom stereocenters. The molecule has 0 bridgehead atoms. The van der Waals surface area contributed by atoms with E-state index >= 15 is 0 Å². The van der Waals surface area contributed by atoms with Gasteiger partial charge in [0, 0.05) is 41.7 Å². The molecule has 1 aliphatic heterocycles. The van der Waals surface area contributed by atoms with Crippen molar-refractivity contribution < 1.29 is 32.5 Å². The lowest BCUT2D eigenvalue weighted by Gasteiger charge is -2.45. The van der Waals surface area contributed by atoms with Crippen LogP contribution in [0.25, 0.3) is 10.9 Å². The first kappa shape index (κ1) is 26.4. The van der Waals surface area contributed by atoms with E-state index < -0.39 is 41.5 Å². The first-order valence-electron chi connectivity index (χ1n) is 13.0. The van der Waals surface area contributed by atoms with Crippen LogP contribution < -0.4 is 10.1 Å². The van der Waals surface area contributed by atoms with Crippen molar-refractivity contribution in [1.29, 1.82) is 0 Å². The summed E-state index contributed by atoms with van der Waals surface area (Å²) in [6, 6.07) is 8.48. The van der Waals surface area contributed by atoms with Crippen LogP contribution in [0.1, 0.15) is 55.3 Å². The fourth-order valence-corrected chi connectivity index (χ4v) is 5.79. The summed E-state index contributed by atoms with van der Waals surface area (Å²) in [5, 5.41) is 15.1. The Morgan fingerprint density at radius 2 is 1.97 bits per heavy atom. The average molecular weight is 529 g/mol. The van der Waals surface area contributed by atoms with E-state index in [9.17, 15) is 23.1 Å². The molecule has 3 aromatic rings. The normalized spacial score (nSPS) is 24.0. The Bertz CT molecular complexity index is 1290. The molecule has 2 N–H and O–H groups in total. The number of carbonyl (C=O) groups is 1. The molecule has 2 fully saturated rings. The Hall–Kier alpha value is -3.17. The van der Waals surface area contributed by atoms with Crippen LogP contribution in [0.3, 0.4) is 0 Å². The number of nitrogens with zero attached hydrogens (tertiary/aromatic N) is 1. The van der Waals surface area contributed by atoms with Gasteiger partial charge in [-0.05, 0) is 74.4 Å². The van der Waals surface area contributed by atoms with Crippen LogP contribution in [-0.2, 0) is 9.53 Å². The molecular formula is C29H31F3N2O4. The van der Waals surface area contributed by atoms with Gasteiger partial charge in [0.25, 0.3) is 0 Å². The molecule has 0 amide bonds. The van der Waals surface area contributed by atoms with E-state index in [-0.39, 0.29) is 30.3 Å². The zero-order valence-corrected chi connectivity index (χ0v) is 21.1. The van der Waals surface area contributed by atoms with Gasteiger partial charge in [-0.2, -0.15) is 0 Å². The molecule has 38 heavy (non-hydrogen) atoms. The highest BCUT2D eigenvalue weighted by Gasteiger charge is 2.47. The van der Waals surface area contributed by atoms with Gasteiger partial charge in [-0.3, -0.25) is 9.78 Å². The molecule has 1 saturated carbocycles. The molecule has 9 heteroatoms. The van der Waals surface area contributed by atoms with E-state index in [2.05, 4.69) is 10.3 Å². The maximum Gasteiger partial charge on any atom is 0.310 e. The molecule has 2 heterocycles. The Morgan fingerprint density at radius 3 is 2.68 bits per heavy atom. The number of halogens is 3. The second-order valence-corrected chi connectivity index (χ2v) is 10.2. The largest absolute Gasteiger partial charge is 0.497 e. The number of hydrogen-bond donors (Lipinski definition) is 2. The zero-order chi connectivity index (χ0) is 26.8. The molecule has 1 aromatic heterocycles. The minimum atomic E-state index is -0.984. The van der Waals surface area contributed by atoms with Crippen molar-refractivity contribution in [3.63, 3.8) is 0 Å². The standard InChI is InChI=1S/C29H31F3N2O4/c1-37-18-4-6-25-21(13-18)19(8-10-34-25)26(35)7-5-20-22(28-23(31)11-17(30)12-24(28)32)14-27(20)38-29(36)16-3-2-9-33-15-16/h4,6,8,10-13,16,20,22,26-27,33,35H,2-3,5,7,9,14-15H2,1H3/t16?,20-,22-,26+,27?/m1/s1. The number of benzene rings is 2. The quantitative estimate of drug-likeness (QED) is 0.392. The minimum Gasteiger partial charge on any atom is -0.497 e. The SMILES string of the molecule is COc1ccc2nccc([C@@H](O)CC[C@H]3C(OC(=O)C4CCCNC4)C[C@H]3c3c(F)cc(F)cc3F)c2c1. The summed E-state index contributed by atoms with van der Waals surface area (Å²) >= 11 is 0. The summed E-state index contributed by atoms with van der Waals surface area (Å²) in [5.41, 5.74) is 1.16. The molecule has 6 nitrogen and oxygen atoms in total. The summed E-state index contributed by atoms with van der Waals surface area (Å²) in [4.78, 5) is 17.2. The number of pyridine rings is 1. The fraction of sp³-hybridized carbons (Fsp3) is 0.448. The number of aliphatic hydroxyl groups is 1. The maximum absolute atomic E-state index is 14.7. The van der Waals surface area contributed by atoms with Crippen molar-refractivity contribution in [2.24, 2.45) is 11.8 Å². The topological polar surface area (TPSA) is 80.7 Å². The zero-order valence-electron chi connectivity index (χ0n) is 21.1. The molecule has 2 aliphatic rings. The van der Waals surface area contributed by atoms with Crippen molar-refractivity contribution >= 4 is 16.9 Å². The van der Waals surface area contributed by atoms with Gasteiger partial charge in [0.05, 0.1) is 24.6 Å². The molecule has 5 rings (SSSR count). The third-order valence-electron chi connectivity index (χ3n) is 7.91. The van der Waals surface area contributed by atoms with Crippen LogP contribution in [0.2, 0.25) is 0 Å². The lowest BCUT2D eigenvalue weighted by atomic mass is 9.65. The Kier molecular flexibility index (Phi) is 7.85. The van der Waals surface area contributed by atoms with Gasteiger partial charge < -0.3 is 19.9 Å². The predicted molar refractivity (Wildman–Crippen MR) is 135 cm³/mol. The first-order valence-corrected chi connectivity index (χ1v) is 13.0. The van der Waals surface area contributed by atoms with Gasteiger partial charge >= 0.3 is 5.97 Å². The monoisotopic (exact) mass is 528 g/mol. The maximum atomic E-state index is 14.7. The highest BCUT2D eigenvalue weighted by atomic mass is 19.1. The van der Waals surface area contributed by atoms with E-state index in [1.807, 2.05) is 6.07 Å². The number of fused-ring (bicyclic) bond motifs is 1. The molecule has 2 unspecified atom stereocenters. The van der Waals surface area contributed by atoms with Crippen molar-refractivity contribution in [2.45, 2.75) is 50.2 Å². The summed E-state index contributed by atoms with van der Waals surface area (Å²) in [5.74, 6) is -3.86. The van der Waals surface area contributed by atoms with E-state index in [0.717, 1.165) is 24.8 Å². The highest BCUT2D eigenvalue weighted by molar-refractivity contribution is 5.83. The summed E-state index contributed by atoms with van der Waals surface area (Å²) in [6.45, 7) is 1.40. The van der Waals surface area contributed by atoms with Crippen LogP contribution in [0, 0.1) is 29.3 Å². The molecule has 1 aliphatic carbocycles. The number of hydrogen-bond acceptors (Lipinski definition) is 6. The van der Waals surface area contributed by atoms with Crippen molar-refractivity contribution in [1.82, 2.24) is 10.3 Å². The Labute approximate surface area is 219 Å². The lowest BCUT2D eigenvalue weighted by molar-refractivity contribution is -0.166. The number of rotatable bonds is 8. The van der Waals surface area contributed by atoms with Gasteiger partial charge in [-0.1, -0.05) is 0 Å². The average Bonchev–Trinajstić information content (AvgIpc) is 2.91. The van der Waals surface area contributed by atoms with E-state index in [4.69, 9.17) is 9.47 Å². The van der Waals surface area contributed by atoms with Crippen LogP contribution in [0.5, 0.6) is 5.75 Å². The molecule has 2 aromatic carbocycles. The smallest absolute Gasteiger partial charge is 0.310 e. The predicted octanol–water partition coefficient (Wildman–Crippen LogP) is 5.19. The van der Waals surface area contributed by atoms with Crippen LogP contribution in [0.15, 0.2) is 42.6 Å². The third-order valence-corrected chi connectivity index (χ3v) is 7.91. The molecule has 202 valence electrons. The van der Waals surface area contributed by atoms with Crippen molar-refractivity contribution in [3.8, 4) is 5.75 Å². The van der Waals surface area contributed by atoms with Gasteiger partial charge in [0.2, 0.25) is 0 Å². The van der Waals surface area contributed by atoms with Gasteiger partial charge in [0.15, 0.2) is 0 Å². The number of piperidine rings is 1. The molecule has 0 spiro atoms. The van der Waals surface area contributed by atoms with E-state index in [0.29, 0.717) is 41.9 Å². The van der Waals surface area contributed by atoms with Gasteiger partial charge in [-0.15, -0.1) is 0 Å². The fourth-order valence-electron chi connectivity index (χ4n) is 5.79. The minimum absolute atomic E-state index is 0.198. The first-order chi connectivity index (χ1) is 18.4. The number of ether oxygens (including phenoxy) is 2. The number of nitrogens with one attached hydrogen (secondary N) is 1. The van der Waals surface area contributed by atoms with Crippen LogP contribution in [-0.4, -0.2) is 42.4 Å². The molecular weight excluding hydrogens is 497 g/mol. The van der Waals surface area contributed by atoms with Gasteiger partial charge in [0.1, 0.15) is 29.3 Å². The Morgan fingerprint density at radius 1 is 1.18 bits per heavy atom. The number of esters is 1. The van der Waals surface area contributed by atoms with Crippen molar-refractivity contribution in [3.05, 3.63) is 71.2 Å².